The van der Waals surface area contributed by atoms with Crippen molar-refractivity contribution in [2.75, 3.05) is 6.54 Å². The van der Waals surface area contributed by atoms with Crippen molar-refractivity contribution in [1.82, 2.24) is 5.32 Å². The van der Waals surface area contributed by atoms with E-state index in [1.165, 1.54) is 0 Å². The minimum absolute atomic E-state index is 0.0184. The fraction of sp³-hybridized carbons (Fsp3) is 0.467. The second kappa shape index (κ2) is 7.31. The Morgan fingerprint density at radius 2 is 1.95 bits per heavy atom. The van der Waals surface area contributed by atoms with Crippen molar-refractivity contribution in [3.05, 3.63) is 34.9 Å². The van der Waals surface area contributed by atoms with Gasteiger partial charge in [-0.25, -0.2) is 4.79 Å². The van der Waals surface area contributed by atoms with Crippen LogP contribution < -0.4 is 5.32 Å². The molecule has 116 valence electrons. The molecule has 0 heterocycles. The highest BCUT2D eigenvalue weighted by molar-refractivity contribution is 6.31. The van der Waals surface area contributed by atoms with Crippen molar-refractivity contribution >= 4 is 23.7 Å². The molecule has 6 heteroatoms. The highest BCUT2D eigenvalue weighted by Gasteiger charge is 2.22. The van der Waals surface area contributed by atoms with Crippen LogP contribution in [0.4, 0.5) is 4.79 Å². The summed E-state index contributed by atoms with van der Waals surface area (Å²) in [5.41, 5.74) is 0.114. The fourth-order valence-corrected chi connectivity index (χ4v) is 1.91. The molecule has 0 radical (unpaired) electrons. The van der Waals surface area contributed by atoms with E-state index < -0.39 is 23.6 Å². The lowest BCUT2D eigenvalue weighted by Gasteiger charge is -2.21. The van der Waals surface area contributed by atoms with Gasteiger partial charge in [0, 0.05) is 11.6 Å². The molecule has 0 bridgehead atoms. The van der Waals surface area contributed by atoms with E-state index in [4.69, 9.17) is 16.3 Å². The lowest BCUT2D eigenvalue weighted by molar-refractivity contribution is -0.141. The maximum Gasteiger partial charge on any atom is 0.407 e. The average Bonchev–Trinajstić information content (AvgIpc) is 2.34. The largest absolute Gasteiger partial charge is 0.481 e. The van der Waals surface area contributed by atoms with Gasteiger partial charge in [-0.05, 0) is 38.8 Å². The van der Waals surface area contributed by atoms with Gasteiger partial charge in [0.1, 0.15) is 5.60 Å². The first-order chi connectivity index (χ1) is 9.69. The van der Waals surface area contributed by atoms with Gasteiger partial charge in [-0.15, -0.1) is 0 Å². The number of halogens is 1. The Balaban J connectivity index is 2.61. The summed E-state index contributed by atoms with van der Waals surface area (Å²) in [5, 5.41) is 12.2. The van der Waals surface area contributed by atoms with Crippen LogP contribution >= 0.6 is 11.6 Å². The molecule has 1 atom stereocenters. The zero-order chi connectivity index (χ0) is 16.0. The van der Waals surface area contributed by atoms with Gasteiger partial charge >= 0.3 is 12.1 Å². The Bertz CT molecular complexity index is 511. The molecule has 0 aliphatic carbocycles. The number of nitrogens with one attached hydrogen (secondary N) is 1. The molecule has 1 rings (SSSR count). The summed E-state index contributed by atoms with van der Waals surface area (Å²) >= 11 is 6.02. The van der Waals surface area contributed by atoms with Crippen LogP contribution in [-0.2, 0) is 16.0 Å². The van der Waals surface area contributed by atoms with E-state index in [0.717, 1.165) is 5.56 Å². The van der Waals surface area contributed by atoms with Crippen molar-refractivity contribution in [3.63, 3.8) is 0 Å². The highest BCUT2D eigenvalue weighted by atomic mass is 35.5. The zero-order valence-electron chi connectivity index (χ0n) is 12.4. The average molecular weight is 314 g/mol. The molecular formula is C15H20ClNO4. The van der Waals surface area contributed by atoms with E-state index in [1.54, 1.807) is 45.0 Å². The van der Waals surface area contributed by atoms with Gasteiger partial charge in [-0.3, -0.25) is 4.79 Å². The molecule has 1 aromatic carbocycles. The number of carbonyl (C=O) groups is 2. The predicted octanol–water partition coefficient (Wildman–Crippen LogP) is 3.11. The molecule has 1 aromatic rings. The second-order valence-corrected chi connectivity index (χ2v) is 6.12. The molecule has 0 aromatic heterocycles. The molecule has 2 N–H and O–H groups in total. The van der Waals surface area contributed by atoms with E-state index in [1.807, 2.05) is 0 Å². The topological polar surface area (TPSA) is 75.6 Å². The van der Waals surface area contributed by atoms with E-state index >= 15 is 0 Å². The third-order valence-corrected chi connectivity index (χ3v) is 3.03. The first kappa shape index (κ1) is 17.3. The van der Waals surface area contributed by atoms with Crippen LogP contribution in [0.5, 0.6) is 0 Å². The lowest BCUT2D eigenvalue weighted by atomic mass is 9.99. The number of benzene rings is 1. The first-order valence-electron chi connectivity index (χ1n) is 6.62. The molecule has 5 nitrogen and oxygen atoms in total. The normalized spacial score (nSPS) is 12.6. The maximum atomic E-state index is 11.6. The number of aliphatic carboxylic acids is 1. The van der Waals surface area contributed by atoms with Crippen molar-refractivity contribution in [2.24, 2.45) is 5.92 Å². The summed E-state index contributed by atoms with van der Waals surface area (Å²) in [7, 11) is 0. The van der Waals surface area contributed by atoms with E-state index in [-0.39, 0.29) is 13.0 Å². The van der Waals surface area contributed by atoms with Gasteiger partial charge in [0.2, 0.25) is 0 Å². The van der Waals surface area contributed by atoms with Gasteiger partial charge in [-0.2, -0.15) is 0 Å². The number of ether oxygens (including phenoxy) is 1. The Hall–Kier alpha value is -1.75. The van der Waals surface area contributed by atoms with Gasteiger partial charge in [0.15, 0.2) is 0 Å². The fourth-order valence-electron chi connectivity index (χ4n) is 1.70. The Morgan fingerprint density at radius 1 is 1.33 bits per heavy atom. The number of amides is 1. The molecule has 0 saturated heterocycles. The quantitative estimate of drug-likeness (QED) is 0.875. The van der Waals surface area contributed by atoms with Crippen LogP contribution in [0.3, 0.4) is 0 Å². The number of hydrogen-bond acceptors (Lipinski definition) is 3. The third-order valence-electron chi connectivity index (χ3n) is 2.67. The number of hydrogen-bond donors (Lipinski definition) is 2. The summed E-state index contributed by atoms with van der Waals surface area (Å²) in [4.78, 5) is 22.8. The molecule has 0 saturated carbocycles. The Morgan fingerprint density at radius 3 is 2.48 bits per heavy atom. The highest BCUT2D eigenvalue weighted by Crippen LogP contribution is 2.19. The summed E-state index contributed by atoms with van der Waals surface area (Å²) < 4.78 is 5.07. The number of carboxylic acids is 1. The van der Waals surface area contributed by atoms with Crippen molar-refractivity contribution in [3.8, 4) is 0 Å². The van der Waals surface area contributed by atoms with Crippen molar-refractivity contribution in [2.45, 2.75) is 32.8 Å². The van der Waals surface area contributed by atoms with Gasteiger partial charge in [-0.1, -0.05) is 29.8 Å². The number of carboxylic acid groups (broad SMARTS) is 1. The minimum Gasteiger partial charge on any atom is -0.481 e. The van der Waals surface area contributed by atoms with Crippen molar-refractivity contribution < 1.29 is 19.4 Å². The molecule has 1 amide bonds. The first-order valence-corrected chi connectivity index (χ1v) is 7.00. The number of alkyl carbamates (subject to hydrolysis) is 1. The molecule has 0 spiro atoms. The van der Waals surface area contributed by atoms with E-state index in [2.05, 4.69) is 5.32 Å². The summed E-state index contributed by atoms with van der Waals surface area (Å²) in [6.45, 7) is 5.20. The summed E-state index contributed by atoms with van der Waals surface area (Å²) in [6.07, 6.45) is -0.391. The summed E-state index contributed by atoms with van der Waals surface area (Å²) in [5.74, 6) is -1.76. The number of carbonyl (C=O) groups excluding carboxylic acids is 1. The Labute approximate surface area is 129 Å². The summed E-state index contributed by atoms with van der Waals surface area (Å²) in [6, 6.07) is 7.05. The minimum atomic E-state index is -0.994. The van der Waals surface area contributed by atoms with Crippen LogP contribution in [0.25, 0.3) is 0 Å². The van der Waals surface area contributed by atoms with Gasteiger partial charge < -0.3 is 15.2 Å². The monoisotopic (exact) mass is 313 g/mol. The SMILES string of the molecule is CC(C)(C)OC(=O)NC[C@@H](Cc1ccccc1Cl)C(=O)O. The van der Waals surface area contributed by atoms with Gasteiger partial charge in [0.05, 0.1) is 5.92 Å². The van der Waals surface area contributed by atoms with Crippen LogP contribution in [-0.4, -0.2) is 29.3 Å². The Kier molecular flexibility index (Phi) is 6.03. The van der Waals surface area contributed by atoms with Gasteiger partial charge in [0.25, 0.3) is 0 Å². The van der Waals surface area contributed by atoms with Crippen LogP contribution in [0.1, 0.15) is 26.3 Å². The lowest BCUT2D eigenvalue weighted by Crippen LogP contribution is -2.37. The standard InChI is InChI=1S/C15H20ClNO4/c1-15(2,3)21-14(20)17-9-11(13(18)19)8-10-6-4-5-7-12(10)16/h4-7,11H,8-9H2,1-3H3,(H,17,20)(H,18,19)/t11-/m1/s1. The molecule has 0 unspecified atom stereocenters. The third kappa shape index (κ3) is 6.49. The molecule has 0 aliphatic rings. The van der Waals surface area contributed by atoms with E-state index in [0.29, 0.717) is 5.02 Å². The van der Waals surface area contributed by atoms with Crippen LogP contribution in [0.15, 0.2) is 24.3 Å². The van der Waals surface area contributed by atoms with Crippen LogP contribution in [0, 0.1) is 5.92 Å². The van der Waals surface area contributed by atoms with E-state index in [9.17, 15) is 14.7 Å². The molecule has 0 aliphatic heterocycles. The van der Waals surface area contributed by atoms with Crippen molar-refractivity contribution in [1.29, 1.82) is 0 Å². The predicted molar refractivity (Wildman–Crippen MR) is 80.5 cm³/mol. The molecule has 0 fully saturated rings. The maximum absolute atomic E-state index is 11.6. The molecule has 21 heavy (non-hydrogen) atoms. The smallest absolute Gasteiger partial charge is 0.407 e. The zero-order valence-corrected chi connectivity index (χ0v) is 13.1. The second-order valence-electron chi connectivity index (χ2n) is 5.71. The number of rotatable bonds is 5. The molecular weight excluding hydrogens is 294 g/mol. The van der Waals surface area contributed by atoms with Crippen LogP contribution in [0.2, 0.25) is 5.02 Å².